The third-order valence-corrected chi connectivity index (χ3v) is 2.70. The van der Waals surface area contributed by atoms with E-state index < -0.39 is 0 Å². The first-order valence-corrected chi connectivity index (χ1v) is 5.70. The van der Waals surface area contributed by atoms with Crippen LogP contribution < -0.4 is 4.74 Å². The molecule has 1 heterocycles. The number of benzene rings is 1. The Kier molecular flexibility index (Phi) is 3.49. The van der Waals surface area contributed by atoms with Crippen LogP contribution in [0.25, 0.3) is 0 Å². The summed E-state index contributed by atoms with van der Waals surface area (Å²) in [5.74, 6) is 0.947. The van der Waals surface area contributed by atoms with E-state index in [-0.39, 0.29) is 0 Å². The van der Waals surface area contributed by atoms with Crippen LogP contribution in [0.4, 0.5) is 0 Å². The van der Waals surface area contributed by atoms with Gasteiger partial charge >= 0.3 is 0 Å². The maximum Gasteiger partial charge on any atom is 0.122 e. The molecule has 1 aliphatic heterocycles. The largest absolute Gasteiger partial charge is 0.494 e. The summed E-state index contributed by atoms with van der Waals surface area (Å²) in [6.45, 7) is 3.58. The van der Waals surface area contributed by atoms with Gasteiger partial charge in [-0.25, -0.2) is 0 Å². The first kappa shape index (κ1) is 10.8. The number of hydrogen-bond donors (Lipinski definition) is 0. The monoisotopic (exact) mass is 226 g/mol. The smallest absolute Gasteiger partial charge is 0.122 e. The molecule has 0 aliphatic carbocycles. The van der Waals surface area contributed by atoms with Gasteiger partial charge < -0.3 is 9.47 Å². The average Bonchev–Trinajstić information content (AvgIpc) is 3.02. The first-order chi connectivity index (χ1) is 7.29. The minimum Gasteiger partial charge on any atom is -0.494 e. The molecule has 1 aliphatic rings. The molecule has 0 spiro atoms. The van der Waals surface area contributed by atoms with Gasteiger partial charge in [-0.15, -0.1) is 0 Å². The van der Waals surface area contributed by atoms with Crippen LogP contribution in [0.2, 0.25) is 5.02 Å². The third-order valence-electron chi connectivity index (χ3n) is 2.46. The van der Waals surface area contributed by atoms with Crippen molar-refractivity contribution in [1.29, 1.82) is 0 Å². The van der Waals surface area contributed by atoms with E-state index in [1.165, 1.54) is 5.56 Å². The van der Waals surface area contributed by atoms with Crippen molar-refractivity contribution >= 4 is 11.6 Å². The summed E-state index contributed by atoms with van der Waals surface area (Å²) in [7, 11) is 0. The van der Waals surface area contributed by atoms with E-state index >= 15 is 0 Å². The van der Waals surface area contributed by atoms with Gasteiger partial charge in [-0.2, -0.15) is 0 Å². The maximum atomic E-state index is 5.96. The Morgan fingerprint density at radius 2 is 2.33 bits per heavy atom. The molecular formula is C12H15ClO2. The second-order valence-electron chi connectivity index (χ2n) is 3.68. The van der Waals surface area contributed by atoms with Crippen molar-refractivity contribution in [2.24, 2.45) is 0 Å². The summed E-state index contributed by atoms with van der Waals surface area (Å²) < 4.78 is 10.7. The summed E-state index contributed by atoms with van der Waals surface area (Å²) in [5, 5.41) is 0.769. The Morgan fingerprint density at radius 3 is 3.00 bits per heavy atom. The lowest BCUT2D eigenvalue weighted by molar-refractivity contribution is 0.335. The number of halogens is 1. The second kappa shape index (κ2) is 4.86. The molecule has 1 atom stereocenters. The lowest BCUT2D eigenvalue weighted by Gasteiger charge is -2.09. The standard InChI is InChI=1S/C12H15ClO2/c1-2-14-12-6-4-10(13)7-9(12)3-5-11-8-15-11/h4,6-7,11H,2-3,5,8H2,1H3. The Hall–Kier alpha value is -0.730. The summed E-state index contributed by atoms with van der Waals surface area (Å²) >= 11 is 5.96. The highest BCUT2D eigenvalue weighted by molar-refractivity contribution is 6.30. The first-order valence-electron chi connectivity index (χ1n) is 5.32. The molecule has 1 fully saturated rings. The molecule has 2 rings (SSSR count). The summed E-state index contributed by atoms with van der Waals surface area (Å²) in [6.07, 6.45) is 2.49. The van der Waals surface area contributed by atoms with E-state index in [1.54, 1.807) is 0 Å². The summed E-state index contributed by atoms with van der Waals surface area (Å²) in [4.78, 5) is 0. The third kappa shape index (κ3) is 3.11. The van der Waals surface area contributed by atoms with Crippen LogP contribution in [-0.4, -0.2) is 19.3 Å². The van der Waals surface area contributed by atoms with E-state index in [9.17, 15) is 0 Å². The zero-order chi connectivity index (χ0) is 10.7. The number of hydrogen-bond acceptors (Lipinski definition) is 2. The predicted molar refractivity (Wildman–Crippen MR) is 60.7 cm³/mol. The van der Waals surface area contributed by atoms with Gasteiger partial charge in [0.05, 0.1) is 19.3 Å². The molecule has 1 aromatic carbocycles. The van der Waals surface area contributed by atoms with Gasteiger partial charge in [0.1, 0.15) is 5.75 Å². The number of ether oxygens (including phenoxy) is 2. The van der Waals surface area contributed by atoms with Crippen molar-refractivity contribution in [2.45, 2.75) is 25.9 Å². The van der Waals surface area contributed by atoms with Gasteiger partial charge in [-0.1, -0.05) is 11.6 Å². The highest BCUT2D eigenvalue weighted by Crippen LogP contribution is 2.26. The van der Waals surface area contributed by atoms with Gasteiger partial charge in [-0.3, -0.25) is 0 Å². The fourth-order valence-electron chi connectivity index (χ4n) is 1.59. The second-order valence-corrected chi connectivity index (χ2v) is 4.12. The van der Waals surface area contributed by atoms with E-state index in [1.807, 2.05) is 25.1 Å². The molecule has 15 heavy (non-hydrogen) atoms. The van der Waals surface area contributed by atoms with Crippen molar-refractivity contribution in [1.82, 2.24) is 0 Å². The molecule has 0 N–H and O–H groups in total. The number of aryl methyl sites for hydroxylation is 1. The van der Waals surface area contributed by atoms with Crippen LogP contribution >= 0.6 is 11.6 Å². The molecular weight excluding hydrogens is 212 g/mol. The number of rotatable bonds is 5. The van der Waals surface area contributed by atoms with Crippen LogP contribution in [0.15, 0.2) is 18.2 Å². The van der Waals surface area contributed by atoms with Crippen molar-refractivity contribution in [3.8, 4) is 5.75 Å². The fourth-order valence-corrected chi connectivity index (χ4v) is 1.79. The molecule has 0 radical (unpaired) electrons. The zero-order valence-corrected chi connectivity index (χ0v) is 9.59. The molecule has 0 aromatic heterocycles. The molecule has 0 saturated carbocycles. The zero-order valence-electron chi connectivity index (χ0n) is 8.83. The van der Waals surface area contributed by atoms with E-state index in [0.717, 1.165) is 30.2 Å². The molecule has 1 aromatic rings. The van der Waals surface area contributed by atoms with E-state index in [2.05, 4.69) is 0 Å². The quantitative estimate of drug-likeness (QED) is 0.720. The lowest BCUT2D eigenvalue weighted by Crippen LogP contribution is -1.98. The normalized spacial score (nSPS) is 18.9. The van der Waals surface area contributed by atoms with Crippen molar-refractivity contribution in [3.63, 3.8) is 0 Å². The van der Waals surface area contributed by atoms with Gasteiger partial charge in [0.2, 0.25) is 0 Å². The molecule has 3 heteroatoms. The minimum atomic E-state index is 0.457. The summed E-state index contributed by atoms with van der Waals surface area (Å²) in [5.41, 5.74) is 1.18. The minimum absolute atomic E-state index is 0.457. The highest BCUT2D eigenvalue weighted by Gasteiger charge is 2.22. The van der Waals surface area contributed by atoms with Crippen LogP contribution in [0.1, 0.15) is 18.9 Å². The van der Waals surface area contributed by atoms with Gasteiger partial charge in [-0.05, 0) is 43.5 Å². The Morgan fingerprint density at radius 1 is 1.53 bits per heavy atom. The predicted octanol–water partition coefficient (Wildman–Crippen LogP) is 3.07. The van der Waals surface area contributed by atoms with E-state index in [4.69, 9.17) is 21.1 Å². The van der Waals surface area contributed by atoms with Crippen LogP contribution in [-0.2, 0) is 11.2 Å². The van der Waals surface area contributed by atoms with Crippen molar-refractivity contribution in [2.75, 3.05) is 13.2 Å². The van der Waals surface area contributed by atoms with Gasteiger partial charge in [0, 0.05) is 5.02 Å². The maximum absolute atomic E-state index is 5.96. The highest BCUT2D eigenvalue weighted by atomic mass is 35.5. The Balaban J connectivity index is 2.05. The van der Waals surface area contributed by atoms with Gasteiger partial charge in [0.15, 0.2) is 0 Å². The SMILES string of the molecule is CCOc1ccc(Cl)cc1CCC1CO1. The fraction of sp³-hybridized carbons (Fsp3) is 0.500. The number of epoxide rings is 1. The Bertz CT molecular complexity index is 334. The molecule has 82 valence electrons. The van der Waals surface area contributed by atoms with Crippen molar-refractivity contribution < 1.29 is 9.47 Å². The average molecular weight is 227 g/mol. The molecule has 1 unspecified atom stereocenters. The topological polar surface area (TPSA) is 21.8 Å². The van der Waals surface area contributed by atoms with Gasteiger partial charge in [0.25, 0.3) is 0 Å². The lowest BCUT2D eigenvalue weighted by atomic mass is 10.1. The van der Waals surface area contributed by atoms with Crippen LogP contribution in [0.5, 0.6) is 5.75 Å². The molecule has 0 bridgehead atoms. The van der Waals surface area contributed by atoms with Crippen molar-refractivity contribution in [3.05, 3.63) is 28.8 Å². The van der Waals surface area contributed by atoms with Crippen LogP contribution in [0, 0.1) is 0 Å². The Labute approximate surface area is 95.1 Å². The van der Waals surface area contributed by atoms with Crippen LogP contribution in [0.3, 0.4) is 0 Å². The van der Waals surface area contributed by atoms with E-state index in [0.29, 0.717) is 12.7 Å². The molecule has 2 nitrogen and oxygen atoms in total. The molecule has 1 saturated heterocycles. The molecule has 0 amide bonds. The summed E-state index contributed by atoms with van der Waals surface area (Å²) in [6, 6.07) is 5.79.